The molecule has 0 bridgehead atoms. The molecule has 1 aromatic carbocycles. The molecule has 3 N–H and O–H groups in total. The highest BCUT2D eigenvalue weighted by atomic mass is 32.2. The molecule has 1 aliphatic heterocycles. The van der Waals surface area contributed by atoms with Crippen LogP contribution in [0.4, 0.5) is 5.69 Å². The molecule has 1 heterocycles. The predicted molar refractivity (Wildman–Crippen MR) is 67.4 cm³/mol. The van der Waals surface area contributed by atoms with Gasteiger partial charge in [-0.05, 0) is 24.5 Å². The normalized spacial score (nSPS) is 17.4. The lowest BCUT2D eigenvalue weighted by atomic mass is 10.2. The third kappa shape index (κ3) is 2.96. The molecule has 0 atom stereocenters. The van der Waals surface area contributed by atoms with Gasteiger partial charge in [-0.25, -0.2) is 0 Å². The van der Waals surface area contributed by atoms with Gasteiger partial charge in [0.2, 0.25) is 0 Å². The Kier molecular flexibility index (Phi) is 3.66. The van der Waals surface area contributed by atoms with Crippen molar-refractivity contribution >= 4 is 15.9 Å². The second-order valence-electron chi connectivity index (χ2n) is 4.13. The van der Waals surface area contributed by atoms with Crippen LogP contribution >= 0.6 is 0 Å². The first-order chi connectivity index (χ1) is 8.09. The molecule has 0 spiro atoms. The lowest BCUT2D eigenvalue weighted by molar-refractivity contribution is 0.465. The highest BCUT2D eigenvalue weighted by Crippen LogP contribution is 2.14. The van der Waals surface area contributed by atoms with Gasteiger partial charge in [0.05, 0.1) is 0 Å². The van der Waals surface area contributed by atoms with E-state index in [2.05, 4.69) is 4.72 Å². The molecule has 2 rings (SSSR count). The molecule has 5 nitrogen and oxygen atoms in total. The van der Waals surface area contributed by atoms with Gasteiger partial charge in [0.1, 0.15) is 0 Å². The van der Waals surface area contributed by atoms with Crippen LogP contribution in [0.2, 0.25) is 0 Å². The number of nitrogens with one attached hydrogen (secondary N) is 1. The summed E-state index contributed by atoms with van der Waals surface area (Å²) in [5, 5.41) is 0. The second kappa shape index (κ2) is 5.03. The number of nitrogens with two attached hydrogens (primary N) is 1. The molecule has 0 saturated carbocycles. The maximum Gasteiger partial charge on any atom is 0.279 e. The Labute approximate surface area is 102 Å². The quantitative estimate of drug-likeness (QED) is 0.778. The Balaban J connectivity index is 2.00. The Bertz CT molecular complexity index is 481. The second-order valence-corrected chi connectivity index (χ2v) is 5.89. The number of hydrogen-bond donors (Lipinski definition) is 2. The third-order valence-corrected chi connectivity index (χ3v) is 4.46. The molecule has 17 heavy (non-hydrogen) atoms. The van der Waals surface area contributed by atoms with E-state index in [-0.39, 0.29) is 6.54 Å². The van der Waals surface area contributed by atoms with Gasteiger partial charge >= 0.3 is 0 Å². The van der Waals surface area contributed by atoms with Gasteiger partial charge in [0.15, 0.2) is 0 Å². The molecule has 94 valence electrons. The van der Waals surface area contributed by atoms with Crippen LogP contribution in [0.1, 0.15) is 18.4 Å². The van der Waals surface area contributed by atoms with Crippen molar-refractivity contribution in [3.05, 3.63) is 29.8 Å². The van der Waals surface area contributed by atoms with Gasteiger partial charge in [-0.1, -0.05) is 18.2 Å². The van der Waals surface area contributed by atoms with E-state index in [1.54, 1.807) is 6.07 Å². The van der Waals surface area contributed by atoms with Crippen molar-refractivity contribution in [1.82, 2.24) is 9.03 Å². The van der Waals surface area contributed by atoms with Crippen molar-refractivity contribution < 1.29 is 8.42 Å². The number of anilines is 1. The molecule has 0 amide bonds. The maximum absolute atomic E-state index is 11.9. The van der Waals surface area contributed by atoms with Gasteiger partial charge in [-0.2, -0.15) is 17.4 Å². The van der Waals surface area contributed by atoms with E-state index in [0.29, 0.717) is 18.8 Å². The van der Waals surface area contributed by atoms with E-state index in [4.69, 9.17) is 5.73 Å². The minimum Gasteiger partial charge on any atom is -0.398 e. The molecule has 0 unspecified atom stereocenters. The largest absolute Gasteiger partial charge is 0.398 e. The number of nitrogens with zero attached hydrogens (tertiary/aromatic N) is 1. The number of benzene rings is 1. The van der Waals surface area contributed by atoms with Gasteiger partial charge in [0, 0.05) is 25.3 Å². The van der Waals surface area contributed by atoms with Crippen LogP contribution in [-0.2, 0) is 16.8 Å². The molecule has 0 radical (unpaired) electrons. The lowest BCUT2D eigenvalue weighted by Gasteiger charge is -2.16. The van der Waals surface area contributed by atoms with Crippen molar-refractivity contribution in [3.63, 3.8) is 0 Å². The zero-order valence-electron chi connectivity index (χ0n) is 9.59. The minimum atomic E-state index is -3.35. The summed E-state index contributed by atoms with van der Waals surface area (Å²) >= 11 is 0. The molecular formula is C11H17N3O2S. The summed E-state index contributed by atoms with van der Waals surface area (Å²) in [5.41, 5.74) is 7.16. The molecule has 1 fully saturated rings. The molecule has 1 saturated heterocycles. The monoisotopic (exact) mass is 255 g/mol. The third-order valence-electron chi connectivity index (χ3n) is 2.91. The summed E-state index contributed by atoms with van der Waals surface area (Å²) in [6, 6.07) is 7.25. The van der Waals surface area contributed by atoms with E-state index in [0.717, 1.165) is 18.4 Å². The Morgan fingerprint density at radius 3 is 2.53 bits per heavy atom. The fraction of sp³-hybridized carbons (Fsp3) is 0.455. The van der Waals surface area contributed by atoms with E-state index >= 15 is 0 Å². The highest BCUT2D eigenvalue weighted by molar-refractivity contribution is 7.87. The van der Waals surface area contributed by atoms with Crippen molar-refractivity contribution in [2.75, 3.05) is 18.8 Å². The molecular weight excluding hydrogens is 238 g/mol. The van der Waals surface area contributed by atoms with E-state index in [1.807, 2.05) is 18.2 Å². The molecule has 6 heteroatoms. The average molecular weight is 255 g/mol. The first kappa shape index (κ1) is 12.3. The number of nitrogen functional groups attached to an aromatic ring is 1. The zero-order chi connectivity index (χ0) is 12.3. The Morgan fingerprint density at radius 1 is 1.24 bits per heavy atom. The fourth-order valence-electron chi connectivity index (χ4n) is 1.88. The number of hydrogen-bond acceptors (Lipinski definition) is 3. The highest BCUT2D eigenvalue weighted by Gasteiger charge is 2.24. The Morgan fingerprint density at radius 2 is 1.88 bits per heavy atom. The van der Waals surface area contributed by atoms with Crippen LogP contribution in [0.5, 0.6) is 0 Å². The summed E-state index contributed by atoms with van der Waals surface area (Å²) in [6.45, 7) is 1.46. The van der Waals surface area contributed by atoms with Crippen LogP contribution in [-0.4, -0.2) is 25.8 Å². The minimum absolute atomic E-state index is 0.242. The number of rotatable bonds is 4. The fourth-order valence-corrected chi connectivity index (χ4v) is 3.14. The predicted octanol–water partition coefficient (Wildman–Crippen LogP) is 0.699. The summed E-state index contributed by atoms with van der Waals surface area (Å²) in [6.07, 6.45) is 1.88. The van der Waals surface area contributed by atoms with Crippen LogP contribution < -0.4 is 10.5 Å². The molecule has 1 aliphatic rings. The van der Waals surface area contributed by atoms with Crippen LogP contribution in [0.25, 0.3) is 0 Å². The van der Waals surface area contributed by atoms with Gasteiger partial charge < -0.3 is 5.73 Å². The van der Waals surface area contributed by atoms with E-state index < -0.39 is 10.2 Å². The summed E-state index contributed by atoms with van der Waals surface area (Å²) < 4.78 is 27.8. The van der Waals surface area contributed by atoms with Gasteiger partial charge in [-0.15, -0.1) is 0 Å². The summed E-state index contributed by atoms with van der Waals surface area (Å²) in [5.74, 6) is 0. The molecule has 1 aromatic rings. The lowest BCUT2D eigenvalue weighted by Crippen LogP contribution is -2.38. The molecule has 0 aliphatic carbocycles. The first-order valence-electron chi connectivity index (χ1n) is 5.68. The van der Waals surface area contributed by atoms with E-state index in [1.165, 1.54) is 4.31 Å². The topological polar surface area (TPSA) is 75.4 Å². The van der Waals surface area contributed by atoms with Crippen LogP contribution in [0, 0.1) is 0 Å². The van der Waals surface area contributed by atoms with Crippen LogP contribution in [0.3, 0.4) is 0 Å². The van der Waals surface area contributed by atoms with Crippen molar-refractivity contribution in [1.29, 1.82) is 0 Å². The van der Waals surface area contributed by atoms with Gasteiger partial charge in [0.25, 0.3) is 10.2 Å². The van der Waals surface area contributed by atoms with Crippen molar-refractivity contribution in [2.45, 2.75) is 19.4 Å². The smallest absolute Gasteiger partial charge is 0.279 e. The zero-order valence-corrected chi connectivity index (χ0v) is 10.4. The Hall–Kier alpha value is -1.11. The standard InChI is InChI=1S/C11H17N3O2S/c12-11-6-2-1-5-10(11)9-13-17(15,16)14-7-3-4-8-14/h1-2,5-6,13H,3-4,7-9,12H2. The summed E-state index contributed by atoms with van der Waals surface area (Å²) in [4.78, 5) is 0. The average Bonchev–Trinajstić information content (AvgIpc) is 2.82. The van der Waals surface area contributed by atoms with E-state index in [9.17, 15) is 8.42 Å². The van der Waals surface area contributed by atoms with Crippen molar-refractivity contribution in [2.24, 2.45) is 0 Å². The SMILES string of the molecule is Nc1ccccc1CNS(=O)(=O)N1CCCC1. The van der Waals surface area contributed by atoms with Crippen molar-refractivity contribution in [3.8, 4) is 0 Å². The number of para-hydroxylation sites is 1. The maximum atomic E-state index is 11.9. The first-order valence-corrected chi connectivity index (χ1v) is 7.12. The van der Waals surface area contributed by atoms with Crippen LogP contribution in [0.15, 0.2) is 24.3 Å². The molecule has 0 aromatic heterocycles. The summed E-state index contributed by atoms with van der Waals surface area (Å²) in [7, 11) is -3.35. The van der Waals surface area contributed by atoms with Gasteiger partial charge in [-0.3, -0.25) is 0 Å².